The van der Waals surface area contributed by atoms with Crippen LogP contribution >= 0.6 is 0 Å². The molecule has 3 rings (SSSR count). The number of benzene rings is 1. The van der Waals surface area contributed by atoms with Crippen molar-refractivity contribution in [2.45, 2.75) is 32.7 Å². The number of aromatic amines is 1. The number of nitrogens with zero attached hydrogens (tertiary/aromatic N) is 3. The number of nitrogens with two attached hydrogens (primary N) is 1. The molecule has 1 aromatic heterocycles. The topological polar surface area (TPSA) is 149 Å². The highest BCUT2D eigenvalue weighted by molar-refractivity contribution is 6.05. The fourth-order valence-corrected chi connectivity index (χ4v) is 4.17. The summed E-state index contributed by atoms with van der Waals surface area (Å²) in [5.74, 6) is -0.446. The van der Waals surface area contributed by atoms with Gasteiger partial charge in [-0.15, -0.1) is 0 Å². The molecule has 2 amide bonds. The summed E-state index contributed by atoms with van der Waals surface area (Å²) >= 11 is 0. The van der Waals surface area contributed by atoms with Crippen LogP contribution < -0.4 is 41.0 Å². The maximum Gasteiger partial charge on any atom is 0.330 e. The van der Waals surface area contributed by atoms with E-state index in [4.69, 9.17) is 19.9 Å². The number of anilines is 3. The number of unbranched alkanes of at least 4 members (excludes halogenated alkanes) is 1. The number of rotatable bonds is 9. The summed E-state index contributed by atoms with van der Waals surface area (Å²) in [4.78, 5) is 55.7. The third-order valence-corrected chi connectivity index (χ3v) is 6.05. The van der Waals surface area contributed by atoms with Crippen molar-refractivity contribution < 1.29 is 23.8 Å². The van der Waals surface area contributed by atoms with Gasteiger partial charge < -0.3 is 29.7 Å². The Hall–Kier alpha value is -3.96. The summed E-state index contributed by atoms with van der Waals surface area (Å²) < 4.78 is 17.3. The predicted molar refractivity (Wildman–Crippen MR) is 131 cm³/mol. The van der Waals surface area contributed by atoms with Crippen LogP contribution in [-0.4, -0.2) is 56.3 Å². The predicted octanol–water partition coefficient (Wildman–Crippen LogP) is 0.961. The molecule has 35 heavy (non-hydrogen) atoms. The Morgan fingerprint density at radius 2 is 1.77 bits per heavy atom. The van der Waals surface area contributed by atoms with Gasteiger partial charge >= 0.3 is 5.69 Å². The van der Waals surface area contributed by atoms with Crippen molar-refractivity contribution in [2.24, 2.45) is 5.92 Å². The monoisotopic (exact) mass is 489 g/mol. The summed E-state index contributed by atoms with van der Waals surface area (Å²) in [6.45, 7) is 2.35. The van der Waals surface area contributed by atoms with Gasteiger partial charge in [0.2, 0.25) is 17.6 Å². The second-order valence-electron chi connectivity index (χ2n) is 8.18. The number of methoxy groups -OCH3 is 3. The van der Waals surface area contributed by atoms with E-state index in [-0.39, 0.29) is 30.4 Å². The lowest BCUT2D eigenvalue weighted by Crippen LogP contribution is -2.42. The number of nitrogen functional groups attached to an aromatic ring is 1. The summed E-state index contributed by atoms with van der Waals surface area (Å²) in [6, 6.07) is 3.25. The number of ether oxygens (including phenoxy) is 3. The molecule has 12 heteroatoms. The second-order valence-corrected chi connectivity index (χ2v) is 8.18. The van der Waals surface area contributed by atoms with Gasteiger partial charge in [-0.2, -0.15) is 0 Å². The first-order valence-corrected chi connectivity index (χ1v) is 11.2. The summed E-state index contributed by atoms with van der Waals surface area (Å²) in [5, 5.41) is 0. The van der Waals surface area contributed by atoms with Crippen molar-refractivity contribution in [2.75, 3.05) is 50.5 Å². The number of carbonyl (C=O) groups is 2. The Morgan fingerprint density at radius 1 is 1.14 bits per heavy atom. The van der Waals surface area contributed by atoms with Crippen LogP contribution in [0.15, 0.2) is 21.7 Å². The zero-order valence-electron chi connectivity index (χ0n) is 20.5. The third-order valence-electron chi connectivity index (χ3n) is 6.05. The number of amides is 2. The van der Waals surface area contributed by atoms with Crippen LogP contribution in [0.5, 0.6) is 17.2 Å². The molecule has 1 atom stereocenters. The summed E-state index contributed by atoms with van der Waals surface area (Å²) in [7, 11) is 5.82. The minimum Gasteiger partial charge on any atom is -0.493 e. The smallest absolute Gasteiger partial charge is 0.330 e. The van der Waals surface area contributed by atoms with Gasteiger partial charge in [0.05, 0.1) is 32.9 Å². The molecule has 0 aliphatic carbocycles. The minimum atomic E-state index is -0.762. The molecular formula is C23H31N5O7. The van der Waals surface area contributed by atoms with Gasteiger partial charge in [0, 0.05) is 38.7 Å². The van der Waals surface area contributed by atoms with Gasteiger partial charge in [0.25, 0.3) is 5.56 Å². The fourth-order valence-electron chi connectivity index (χ4n) is 4.17. The molecule has 0 radical (unpaired) electrons. The van der Waals surface area contributed by atoms with Crippen LogP contribution in [0.1, 0.15) is 26.2 Å². The Labute approximate surface area is 202 Å². The zero-order valence-corrected chi connectivity index (χ0v) is 20.5. The van der Waals surface area contributed by atoms with Gasteiger partial charge in [0.15, 0.2) is 17.2 Å². The average Bonchev–Trinajstić information content (AvgIpc) is 3.23. The molecular weight excluding hydrogens is 458 g/mol. The summed E-state index contributed by atoms with van der Waals surface area (Å²) in [5.41, 5.74) is 5.10. The first-order valence-electron chi connectivity index (χ1n) is 11.2. The lowest BCUT2D eigenvalue weighted by molar-refractivity contribution is -0.124. The second kappa shape index (κ2) is 10.5. The van der Waals surface area contributed by atoms with Crippen molar-refractivity contribution in [3.05, 3.63) is 33.0 Å². The number of aromatic nitrogens is 2. The number of nitrogens with one attached hydrogen (secondary N) is 1. The van der Waals surface area contributed by atoms with Crippen molar-refractivity contribution in [3.8, 4) is 17.2 Å². The molecule has 2 heterocycles. The van der Waals surface area contributed by atoms with Gasteiger partial charge in [-0.3, -0.25) is 23.9 Å². The van der Waals surface area contributed by atoms with Crippen molar-refractivity contribution in [1.29, 1.82) is 0 Å². The maximum absolute atomic E-state index is 13.3. The first kappa shape index (κ1) is 25.7. The molecule has 1 fully saturated rings. The van der Waals surface area contributed by atoms with Crippen LogP contribution in [0.4, 0.5) is 17.2 Å². The lowest BCUT2D eigenvalue weighted by atomic mass is 10.1. The molecule has 1 aliphatic rings. The van der Waals surface area contributed by atoms with Gasteiger partial charge in [0.1, 0.15) is 5.82 Å². The average molecular weight is 490 g/mol. The SMILES string of the molecule is CCCCn1c(N)c(N(C)C(=O)C2CC(=O)N(c3cc(OC)c(OC)c(OC)c3)C2)c(=O)[nH]c1=O. The largest absolute Gasteiger partial charge is 0.493 e. The van der Waals surface area contributed by atoms with Crippen LogP contribution in [-0.2, 0) is 16.1 Å². The van der Waals surface area contributed by atoms with Crippen LogP contribution in [0.3, 0.4) is 0 Å². The quantitative estimate of drug-likeness (QED) is 0.529. The van der Waals surface area contributed by atoms with Crippen LogP contribution in [0.25, 0.3) is 0 Å². The molecule has 12 nitrogen and oxygen atoms in total. The minimum absolute atomic E-state index is 0.0624. The standard InChI is InChI=1S/C23H31N5O7/c1-6-7-8-27-20(24)18(21(30)25-23(27)32)26(2)22(31)13-9-17(29)28(12-13)14-10-15(33-3)19(35-5)16(11-14)34-4/h10-11,13H,6-9,12,24H2,1-5H3,(H,25,30,32). The molecule has 190 valence electrons. The molecule has 0 bridgehead atoms. The highest BCUT2D eigenvalue weighted by Crippen LogP contribution is 2.42. The van der Waals surface area contributed by atoms with Crippen LogP contribution in [0, 0.1) is 5.92 Å². The highest BCUT2D eigenvalue weighted by atomic mass is 16.5. The van der Waals surface area contributed by atoms with Crippen molar-refractivity contribution in [3.63, 3.8) is 0 Å². The van der Waals surface area contributed by atoms with E-state index in [1.165, 1.54) is 37.8 Å². The molecule has 0 spiro atoms. The van der Waals surface area contributed by atoms with E-state index in [1.54, 1.807) is 12.1 Å². The zero-order chi connectivity index (χ0) is 25.9. The van der Waals surface area contributed by atoms with Gasteiger partial charge in [-0.25, -0.2) is 4.79 Å². The highest BCUT2D eigenvalue weighted by Gasteiger charge is 2.38. The lowest BCUT2D eigenvalue weighted by Gasteiger charge is -2.23. The first-order chi connectivity index (χ1) is 16.7. The van der Waals surface area contributed by atoms with E-state index in [9.17, 15) is 19.2 Å². The van der Waals surface area contributed by atoms with Crippen molar-refractivity contribution >= 4 is 29.0 Å². The van der Waals surface area contributed by atoms with E-state index < -0.39 is 23.1 Å². The molecule has 3 N–H and O–H groups in total. The van der Waals surface area contributed by atoms with Crippen LogP contribution in [0.2, 0.25) is 0 Å². The molecule has 2 aromatic rings. The molecule has 1 aromatic carbocycles. The normalized spacial score (nSPS) is 15.3. The fraction of sp³-hybridized carbons (Fsp3) is 0.478. The van der Waals surface area contributed by atoms with E-state index in [1.807, 2.05) is 6.92 Å². The Morgan fingerprint density at radius 3 is 2.31 bits per heavy atom. The maximum atomic E-state index is 13.3. The van der Waals surface area contributed by atoms with E-state index in [0.29, 0.717) is 35.9 Å². The third kappa shape index (κ3) is 4.81. The van der Waals surface area contributed by atoms with E-state index in [0.717, 1.165) is 11.3 Å². The Balaban J connectivity index is 1.90. The molecule has 1 aliphatic heterocycles. The van der Waals surface area contributed by atoms with Gasteiger partial charge in [-0.05, 0) is 6.42 Å². The number of carbonyl (C=O) groups excluding carboxylic acids is 2. The van der Waals surface area contributed by atoms with E-state index >= 15 is 0 Å². The number of hydrogen-bond acceptors (Lipinski definition) is 8. The molecule has 0 saturated carbocycles. The Bertz CT molecular complexity index is 1210. The van der Waals surface area contributed by atoms with E-state index in [2.05, 4.69) is 4.98 Å². The summed E-state index contributed by atoms with van der Waals surface area (Å²) in [6.07, 6.45) is 1.43. The molecule has 1 saturated heterocycles. The van der Waals surface area contributed by atoms with Crippen molar-refractivity contribution in [1.82, 2.24) is 9.55 Å². The number of H-pyrrole nitrogens is 1. The van der Waals surface area contributed by atoms with Gasteiger partial charge in [-0.1, -0.05) is 13.3 Å². The molecule has 1 unspecified atom stereocenters. The Kier molecular flexibility index (Phi) is 7.72. The number of hydrogen-bond donors (Lipinski definition) is 2.